The van der Waals surface area contributed by atoms with Crippen LogP contribution in [0.25, 0.3) is 0 Å². The lowest BCUT2D eigenvalue weighted by Gasteiger charge is -2.23. The molecule has 0 aliphatic carbocycles. The molecule has 2 aromatic rings. The average Bonchev–Trinajstić information content (AvgIpc) is 3.00. The van der Waals surface area contributed by atoms with Gasteiger partial charge < -0.3 is 10.1 Å². The Balaban J connectivity index is 1.48. The van der Waals surface area contributed by atoms with Crippen molar-refractivity contribution in [2.24, 2.45) is 0 Å². The molecule has 2 aromatic carbocycles. The number of rotatable bonds is 5. The third-order valence-corrected chi connectivity index (χ3v) is 4.62. The summed E-state index contributed by atoms with van der Waals surface area (Å²) in [6.07, 6.45) is 0.872. The highest BCUT2D eigenvalue weighted by molar-refractivity contribution is 7.80. The number of hydroxylamine groups is 1. The van der Waals surface area contributed by atoms with Gasteiger partial charge in [0, 0.05) is 17.3 Å². The van der Waals surface area contributed by atoms with Crippen LogP contribution in [0.5, 0.6) is 5.75 Å². The minimum Gasteiger partial charge on any atom is -0.492 e. The van der Waals surface area contributed by atoms with Gasteiger partial charge in [-0.05, 0) is 49.2 Å². The third kappa shape index (κ3) is 3.95. The molecule has 1 heterocycles. The highest BCUT2D eigenvalue weighted by Crippen LogP contribution is 2.31. The van der Waals surface area contributed by atoms with Crippen LogP contribution in [0.4, 0.5) is 10.5 Å². The Hall–Kier alpha value is -2.64. The first-order valence-corrected chi connectivity index (χ1v) is 8.83. The molecule has 2 amide bonds. The maximum atomic E-state index is 12.5. The van der Waals surface area contributed by atoms with Gasteiger partial charge in [0.05, 0.1) is 6.54 Å². The summed E-state index contributed by atoms with van der Waals surface area (Å²) >= 11 is 4.94. The van der Waals surface area contributed by atoms with E-state index < -0.39 is 0 Å². The summed E-state index contributed by atoms with van der Waals surface area (Å²) in [5.74, 6) is 0.670. The first-order chi connectivity index (χ1) is 12.6. The predicted octanol–water partition coefficient (Wildman–Crippen LogP) is 2.88. The molecular weight excluding hydrogens is 350 g/mol. The van der Waals surface area contributed by atoms with Crippen LogP contribution in [-0.4, -0.2) is 35.4 Å². The number of amides is 2. The van der Waals surface area contributed by atoms with E-state index >= 15 is 0 Å². The summed E-state index contributed by atoms with van der Waals surface area (Å²) in [5, 5.41) is 11.7. The smallest absolute Gasteiger partial charge is 0.322 e. The molecule has 1 unspecified atom stereocenters. The molecule has 0 fully saturated rings. The van der Waals surface area contributed by atoms with E-state index in [2.05, 4.69) is 11.4 Å². The van der Waals surface area contributed by atoms with Crippen molar-refractivity contribution in [2.75, 3.05) is 18.1 Å². The molecule has 0 bridgehead atoms. The minimum atomic E-state index is -0.110. The topological polar surface area (TPSA) is 73.8 Å². The molecule has 26 heavy (non-hydrogen) atoms. The van der Waals surface area contributed by atoms with Gasteiger partial charge in [0.1, 0.15) is 17.3 Å². The Labute approximate surface area is 157 Å². The van der Waals surface area contributed by atoms with Gasteiger partial charge in [-0.25, -0.2) is 4.79 Å². The second-order valence-corrected chi connectivity index (χ2v) is 6.51. The van der Waals surface area contributed by atoms with E-state index in [-0.39, 0.29) is 17.1 Å². The van der Waals surface area contributed by atoms with Crippen molar-refractivity contribution in [3.05, 3.63) is 59.7 Å². The molecule has 3 N–H and O–H groups in total. The molecule has 1 aliphatic rings. The van der Waals surface area contributed by atoms with Crippen molar-refractivity contribution >= 4 is 28.9 Å². The van der Waals surface area contributed by atoms with Crippen molar-refractivity contribution in [1.29, 1.82) is 0 Å². The fraction of sp³-hybridized carbons (Fsp3) is 0.263. The van der Waals surface area contributed by atoms with Crippen molar-refractivity contribution < 1.29 is 14.7 Å². The van der Waals surface area contributed by atoms with Crippen LogP contribution >= 0.6 is 12.2 Å². The molecule has 1 aliphatic heterocycles. The quantitative estimate of drug-likeness (QED) is 0.428. The lowest BCUT2D eigenvalue weighted by molar-refractivity contribution is 0.238. The number of thiocarbonyl (C=S) groups is 1. The standard InChI is InChI=1S/C19H21N3O3S/c1-13-12-15-4-2-3-5-17(15)22(13)19(23)20-10-11-25-16-8-6-14(7-9-16)18(26)21-24/h2-9,13,24H,10-12H2,1H3,(H,20,23)(H,21,26). The number of carbonyl (C=O) groups is 1. The Morgan fingerprint density at radius 2 is 2.00 bits per heavy atom. The van der Waals surface area contributed by atoms with Crippen LogP contribution in [0.1, 0.15) is 18.1 Å². The number of ether oxygens (including phenoxy) is 1. The molecule has 0 aromatic heterocycles. The minimum absolute atomic E-state index is 0.110. The number of benzene rings is 2. The van der Waals surface area contributed by atoms with Gasteiger partial charge in [-0.15, -0.1) is 0 Å². The van der Waals surface area contributed by atoms with Gasteiger partial charge in [-0.3, -0.25) is 15.6 Å². The molecule has 136 valence electrons. The van der Waals surface area contributed by atoms with Gasteiger partial charge in [0.2, 0.25) is 0 Å². The molecule has 7 heteroatoms. The fourth-order valence-corrected chi connectivity index (χ4v) is 3.19. The highest BCUT2D eigenvalue weighted by atomic mass is 32.1. The van der Waals surface area contributed by atoms with Crippen LogP contribution in [-0.2, 0) is 6.42 Å². The Morgan fingerprint density at radius 3 is 2.73 bits per heavy atom. The highest BCUT2D eigenvalue weighted by Gasteiger charge is 2.30. The van der Waals surface area contributed by atoms with Gasteiger partial charge in [-0.2, -0.15) is 0 Å². The zero-order chi connectivity index (χ0) is 18.5. The van der Waals surface area contributed by atoms with Crippen LogP contribution in [0.15, 0.2) is 48.5 Å². The van der Waals surface area contributed by atoms with E-state index in [1.54, 1.807) is 29.2 Å². The summed E-state index contributed by atoms with van der Waals surface area (Å²) in [6.45, 7) is 2.81. The van der Waals surface area contributed by atoms with E-state index in [4.69, 9.17) is 22.2 Å². The van der Waals surface area contributed by atoms with Crippen LogP contribution < -0.4 is 20.4 Å². The van der Waals surface area contributed by atoms with Gasteiger partial charge >= 0.3 is 6.03 Å². The number of fused-ring (bicyclic) bond motifs is 1. The van der Waals surface area contributed by atoms with Gasteiger partial charge in [0.15, 0.2) is 0 Å². The SMILES string of the molecule is CC1Cc2ccccc2N1C(=O)NCCOc1ccc(C(=S)NO)cc1. The zero-order valence-corrected chi connectivity index (χ0v) is 15.3. The number of hydrogen-bond acceptors (Lipinski definition) is 4. The first kappa shape index (κ1) is 18.2. The number of nitrogens with one attached hydrogen (secondary N) is 2. The van der Waals surface area contributed by atoms with Crippen LogP contribution in [0.2, 0.25) is 0 Å². The van der Waals surface area contributed by atoms with E-state index in [1.165, 1.54) is 5.56 Å². The summed E-state index contributed by atoms with van der Waals surface area (Å²) < 4.78 is 5.62. The van der Waals surface area contributed by atoms with E-state index in [0.29, 0.717) is 24.5 Å². The summed E-state index contributed by atoms with van der Waals surface area (Å²) in [5.41, 5.74) is 4.81. The van der Waals surface area contributed by atoms with Crippen LogP contribution in [0.3, 0.4) is 0 Å². The van der Waals surface area contributed by atoms with Crippen molar-refractivity contribution in [3.63, 3.8) is 0 Å². The Kier molecular flexibility index (Phi) is 5.70. The van der Waals surface area contributed by atoms with Crippen LogP contribution in [0, 0.1) is 0 Å². The van der Waals surface area contributed by atoms with Crippen molar-refractivity contribution in [3.8, 4) is 5.75 Å². The lowest BCUT2D eigenvalue weighted by Crippen LogP contribution is -2.44. The molecule has 0 saturated heterocycles. The number of hydrogen-bond donors (Lipinski definition) is 3. The maximum Gasteiger partial charge on any atom is 0.322 e. The summed E-state index contributed by atoms with van der Waals surface area (Å²) in [7, 11) is 0. The number of para-hydroxylation sites is 1. The molecule has 0 saturated carbocycles. The summed E-state index contributed by atoms with van der Waals surface area (Å²) in [6, 6.07) is 15.0. The molecule has 1 atom stereocenters. The largest absolute Gasteiger partial charge is 0.492 e. The molecule has 0 spiro atoms. The van der Waals surface area contributed by atoms with Gasteiger partial charge in [0.25, 0.3) is 0 Å². The third-order valence-electron chi connectivity index (χ3n) is 4.29. The molecule has 3 rings (SSSR count). The van der Waals surface area contributed by atoms with Crippen molar-refractivity contribution in [1.82, 2.24) is 10.8 Å². The predicted molar refractivity (Wildman–Crippen MR) is 104 cm³/mol. The summed E-state index contributed by atoms with van der Waals surface area (Å²) in [4.78, 5) is 14.5. The zero-order valence-electron chi connectivity index (χ0n) is 14.4. The second-order valence-electron chi connectivity index (χ2n) is 6.10. The molecule has 6 nitrogen and oxygen atoms in total. The Bertz CT molecular complexity index is 795. The number of urea groups is 1. The number of nitrogens with zero attached hydrogens (tertiary/aromatic N) is 1. The number of carbonyl (C=O) groups excluding carboxylic acids is 1. The first-order valence-electron chi connectivity index (χ1n) is 8.42. The maximum absolute atomic E-state index is 12.5. The van der Waals surface area contributed by atoms with E-state index in [1.807, 2.05) is 30.6 Å². The fourth-order valence-electron chi connectivity index (χ4n) is 3.05. The Morgan fingerprint density at radius 1 is 1.27 bits per heavy atom. The lowest BCUT2D eigenvalue weighted by atomic mass is 10.1. The van der Waals surface area contributed by atoms with Gasteiger partial charge in [-0.1, -0.05) is 30.4 Å². The van der Waals surface area contributed by atoms with Crippen molar-refractivity contribution in [2.45, 2.75) is 19.4 Å². The normalized spacial score (nSPS) is 15.3. The second kappa shape index (κ2) is 8.16. The monoisotopic (exact) mass is 371 g/mol. The molecule has 0 radical (unpaired) electrons. The molecular formula is C19H21N3O3S. The average molecular weight is 371 g/mol. The van der Waals surface area contributed by atoms with E-state index in [0.717, 1.165) is 12.1 Å². The van der Waals surface area contributed by atoms with E-state index in [9.17, 15) is 4.79 Å². The number of anilines is 1.